The predicted octanol–water partition coefficient (Wildman–Crippen LogP) is 3.57. The van der Waals surface area contributed by atoms with Crippen molar-refractivity contribution in [3.63, 3.8) is 0 Å². The summed E-state index contributed by atoms with van der Waals surface area (Å²) in [7, 11) is 0. The van der Waals surface area contributed by atoms with Crippen molar-refractivity contribution in [2.45, 2.75) is 58.0 Å². The van der Waals surface area contributed by atoms with Crippen LogP contribution >= 0.6 is 0 Å². The molecule has 1 aliphatic carbocycles. The van der Waals surface area contributed by atoms with Gasteiger partial charge in [-0.2, -0.15) is 0 Å². The molecule has 6 heteroatoms. The minimum absolute atomic E-state index is 0.0708. The molecule has 0 bridgehead atoms. The number of amides is 2. The molecule has 0 radical (unpaired) electrons. The lowest BCUT2D eigenvalue weighted by Crippen LogP contribution is -2.36. The molecule has 158 valence electrons. The summed E-state index contributed by atoms with van der Waals surface area (Å²) in [5, 5.41) is 6.06. The maximum absolute atomic E-state index is 13.1. The second kappa shape index (κ2) is 9.16. The zero-order chi connectivity index (χ0) is 20.2. The molecule has 2 aliphatic heterocycles. The van der Waals surface area contributed by atoms with Crippen LogP contribution in [-0.2, 0) is 9.53 Å². The lowest BCUT2D eigenvalue weighted by Gasteiger charge is -2.33. The van der Waals surface area contributed by atoms with Crippen LogP contribution in [0, 0.1) is 11.8 Å². The fourth-order valence-corrected chi connectivity index (χ4v) is 4.34. The normalized spacial score (nSPS) is 22.9. The van der Waals surface area contributed by atoms with E-state index < -0.39 is 0 Å². The van der Waals surface area contributed by atoms with Crippen LogP contribution in [0.2, 0.25) is 0 Å². The molecule has 6 nitrogen and oxygen atoms in total. The summed E-state index contributed by atoms with van der Waals surface area (Å²) in [6.45, 7) is 5.52. The fraction of sp³-hybridized carbons (Fsp3) is 0.652. The lowest BCUT2D eigenvalue weighted by atomic mass is 9.85. The largest absolute Gasteiger partial charge is 0.376 e. The molecule has 2 N–H and O–H groups in total. The van der Waals surface area contributed by atoms with Crippen LogP contribution in [0.25, 0.3) is 0 Å². The predicted molar refractivity (Wildman–Crippen MR) is 114 cm³/mol. The molecule has 2 amide bonds. The van der Waals surface area contributed by atoms with E-state index in [0.717, 1.165) is 76.2 Å². The third kappa shape index (κ3) is 4.92. The SMILES string of the molecule is CC1CCN(c2ccc(NC(=O)C3CCC3)cc2C(=O)NC[C@H]2CCCO2)CC1. The van der Waals surface area contributed by atoms with E-state index in [2.05, 4.69) is 22.5 Å². The van der Waals surface area contributed by atoms with E-state index in [-0.39, 0.29) is 23.8 Å². The average molecular weight is 400 g/mol. The number of hydrogen-bond acceptors (Lipinski definition) is 4. The number of ether oxygens (including phenoxy) is 1. The number of carbonyl (C=O) groups excluding carboxylic acids is 2. The van der Waals surface area contributed by atoms with Crippen LogP contribution in [-0.4, -0.2) is 44.2 Å². The molecule has 1 atom stereocenters. The monoisotopic (exact) mass is 399 g/mol. The van der Waals surface area contributed by atoms with E-state index in [4.69, 9.17) is 4.74 Å². The molecule has 29 heavy (non-hydrogen) atoms. The Balaban J connectivity index is 1.50. The summed E-state index contributed by atoms with van der Waals surface area (Å²) in [4.78, 5) is 27.7. The first-order chi connectivity index (χ1) is 14.1. The highest BCUT2D eigenvalue weighted by Gasteiger charge is 2.26. The van der Waals surface area contributed by atoms with Crippen molar-refractivity contribution in [3.8, 4) is 0 Å². The Kier molecular flexibility index (Phi) is 6.38. The smallest absolute Gasteiger partial charge is 0.253 e. The lowest BCUT2D eigenvalue weighted by molar-refractivity contribution is -0.122. The molecule has 3 fully saturated rings. The van der Waals surface area contributed by atoms with Gasteiger partial charge in [0.2, 0.25) is 5.91 Å². The highest BCUT2D eigenvalue weighted by atomic mass is 16.5. The molecular weight excluding hydrogens is 366 g/mol. The van der Waals surface area contributed by atoms with Gasteiger partial charge in [-0.3, -0.25) is 9.59 Å². The maximum Gasteiger partial charge on any atom is 0.253 e. The molecule has 1 aromatic carbocycles. The Morgan fingerprint density at radius 1 is 1.10 bits per heavy atom. The Morgan fingerprint density at radius 3 is 2.55 bits per heavy atom. The summed E-state index contributed by atoms with van der Waals surface area (Å²) in [6.07, 6.45) is 7.49. The quantitative estimate of drug-likeness (QED) is 0.767. The highest BCUT2D eigenvalue weighted by Crippen LogP contribution is 2.31. The third-order valence-corrected chi connectivity index (χ3v) is 6.62. The Hall–Kier alpha value is -2.08. The molecule has 1 aromatic rings. The summed E-state index contributed by atoms with van der Waals surface area (Å²) >= 11 is 0. The van der Waals surface area contributed by atoms with Crippen LogP contribution in [0.4, 0.5) is 11.4 Å². The number of piperidine rings is 1. The van der Waals surface area contributed by atoms with E-state index in [1.54, 1.807) is 0 Å². The van der Waals surface area contributed by atoms with Gasteiger partial charge in [0.15, 0.2) is 0 Å². The van der Waals surface area contributed by atoms with Crippen LogP contribution in [0.15, 0.2) is 18.2 Å². The van der Waals surface area contributed by atoms with Gasteiger partial charge in [0, 0.05) is 43.5 Å². The number of hydrogen-bond donors (Lipinski definition) is 2. The topological polar surface area (TPSA) is 70.7 Å². The number of benzene rings is 1. The standard InChI is InChI=1S/C23H33N3O3/c1-16-9-11-26(12-10-16)21-8-7-18(25-22(27)17-4-2-5-17)14-20(21)23(28)24-15-19-6-3-13-29-19/h7-8,14,16-17,19H,2-6,9-13,15H2,1H3,(H,24,28)(H,25,27)/t19-/m1/s1. The Morgan fingerprint density at radius 2 is 1.90 bits per heavy atom. The van der Waals surface area contributed by atoms with Crippen LogP contribution in [0.1, 0.15) is 62.2 Å². The van der Waals surface area contributed by atoms with Crippen molar-refractivity contribution in [3.05, 3.63) is 23.8 Å². The van der Waals surface area contributed by atoms with Gasteiger partial charge in [0.05, 0.1) is 11.7 Å². The maximum atomic E-state index is 13.1. The van der Waals surface area contributed by atoms with Crippen LogP contribution < -0.4 is 15.5 Å². The highest BCUT2D eigenvalue weighted by molar-refractivity contribution is 6.02. The molecule has 4 rings (SSSR count). The number of nitrogens with zero attached hydrogens (tertiary/aromatic N) is 1. The zero-order valence-corrected chi connectivity index (χ0v) is 17.4. The van der Waals surface area contributed by atoms with Gasteiger partial charge in [0.1, 0.15) is 0 Å². The molecule has 1 saturated carbocycles. The van der Waals surface area contributed by atoms with E-state index in [1.807, 2.05) is 18.2 Å². The first kappa shape index (κ1) is 20.2. The van der Waals surface area contributed by atoms with Gasteiger partial charge in [-0.1, -0.05) is 13.3 Å². The summed E-state index contributed by atoms with van der Waals surface area (Å²) in [5.41, 5.74) is 2.31. The van der Waals surface area contributed by atoms with Gasteiger partial charge < -0.3 is 20.3 Å². The van der Waals surface area contributed by atoms with Gasteiger partial charge in [-0.25, -0.2) is 0 Å². The summed E-state index contributed by atoms with van der Waals surface area (Å²) in [6, 6.07) is 5.77. The molecule has 0 unspecified atom stereocenters. The average Bonchev–Trinajstić information content (AvgIpc) is 3.19. The first-order valence-corrected chi connectivity index (χ1v) is 11.2. The van der Waals surface area contributed by atoms with E-state index in [9.17, 15) is 9.59 Å². The second-order valence-electron chi connectivity index (χ2n) is 8.86. The molecular formula is C23H33N3O3. The van der Waals surface area contributed by atoms with Crippen molar-refractivity contribution in [2.75, 3.05) is 36.5 Å². The summed E-state index contributed by atoms with van der Waals surface area (Å²) < 4.78 is 5.64. The summed E-state index contributed by atoms with van der Waals surface area (Å²) in [5.74, 6) is 0.828. The minimum atomic E-state index is -0.0890. The Labute approximate surface area is 173 Å². The molecule has 0 aromatic heterocycles. The van der Waals surface area contributed by atoms with Crippen molar-refractivity contribution < 1.29 is 14.3 Å². The number of carbonyl (C=O) groups is 2. The van der Waals surface area contributed by atoms with Crippen LogP contribution in [0.3, 0.4) is 0 Å². The van der Waals surface area contributed by atoms with Gasteiger partial charge in [-0.15, -0.1) is 0 Å². The number of rotatable bonds is 6. The fourth-order valence-electron chi connectivity index (χ4n) is 4.34. The third-order valence-electron chi connectivity index (χ3n) is 6.62. The van der Waals surface area contributed by atoms with E-state index in [1.165, 1.54) is 0 Å². The Bertz CT molecular complexity index is 733. The van der Waals surface area contributed by atoms with E-state index >= 15 is 0 Å². The van der Waals surface area contributed by atoms with Crippen LogP contribution in [0.5, 0.6) is 0 Å². The van der Waals surface area contributed by atoms with Gasteiger partial charge in [0.25, 0.3) is 5.91 Å². The van der Waals surface area contributed by atoms with Crippen molar-refractivity contribution in [1.29, 1.82) is 0 Å². The van der Waals surface area contributed by atoms with Gasteiger partial charge >= 0.3 is 0 Å². The molecule has 0 spiro atoms. The molecule has 2 heterocycles. The molecule has 3 aliphatic rings. The number of nitrogens with one attached hydrogen (secondary N) is 2. The van der Waals surface area contributed by atoms with Gasteiger partial charge in [-0.05, 0) is 62.6 Å². The second-order valence-corrected chi connectivity index (χ2v) is 8.86. The first-order valence-electron chi connectivity index (χ1n) is 11.2. The zero-order valence-electron chi connectivity index (χ0n) is 17.4. The van der Waals surface area contributed by atoms with Crippen molar-refractivity contribution >= 4 is 23.2 Å². The van der Waals surface area contributed by atoms with E-state index in [0.29, 0.717) is 17.8 Å². The van der Waals surface area contributed by atoms with Crippen molar-refractivity contribution in [2.24, 2.45) is 11.8 Å². The molecule has 2 saturated heterocycles. The minimum Gasteiger partial charge on any atom is -0.376 e. The number of anilines is 2. The van der Waals surface area contributed by atoms with Crippen molar-refractivity contribution in [1.82, 2.24) is 5.32 Å².